The zero-order valence-electron chi connectivity index (χ0n) is 17.3. The van der Waals surface area contributed by atoms with Crippen molar-refractivity contribution in [2.24, 2.45) is 0 Å². The van der Waals surface area contributed by atoms with Crippen molar-refractivity contribution < 1.29 is 13.6 Å². The standard InChI is InChI=1S/C23H23N5O3/c1-2-12-27(15-21-24-25-22(31-21)20-9-6-13-30-20)23(29)19-14-18(16-10-11-16)26-28(19)17-7-4-3-5-8-17/h3-9,13-14,16H,2,10-12,15H2,1H3. The first-order valence-electron chi connectivity index (χ1n) is 10.5. The van der Waals surface area contributed by atoms with Crippen LogP contribution in [-0.2, 0) is 6.54 Å². The maximum atomic E-state index is 13.6. The number of benzene rings is 1. The van der Waals surface area contributed by atoms with Crippen molar-refractivity contribution in [3.05, 3.63) is 72.1 Å². The summed E-state index contributed by atoms with van der Waals surface area (Å²) in [6, 6.07) is 15.2. The predicted molar refractivity (Wildman–Crippen MR) is 113 cm³/mol. The maximum absolute atomic E-state index is 13.6. The van der Waals surface area contributed by atoms with Crippen LogP contribution in [0.25, 0.3) is 17.3 Å². The molecule has 4 aromatic rings. The average Bonchev–Trinajstić information content (AvgIpc) is 3.20. The molecule has 0 saturated heterocycles. The zero-order chi connectivity index (χ0) is 21.2. The number of nitrogens with zero attached hydrogens (tertiary/aromatic N) is 5. The minimum atomic E-state index is -0.108. The molecule has 1 amide bonds. The Balaban J connectivity index is 1.44. The number of hydrogen-bond acceptors (Lipinski definition) is 6. The largest absolute Gasteiger partial charge is 0.459 e. The minimum Gasteiger partial charge on any atom is -0.459 e. The van der Waals surface area contributed by atoms with E-state index in [-0.39, 0.29) is 12.5 Å². The quantitative estimate of drug-likeness (QED) is 0.421. The fraction of sp³-hybridized carbons (Fsp3) is 0.304. The third-order valence-electron chi connectivity index (χ3n) is 5.25. The van der Waals surface area contributed by atoms with Gasteiger partial charge in [-0.1, -0.05) is 25.1 Å². The van der Waals surface area contributed by atoms with Crippen LogP contribution >= 0.6 is 0 Å². The van der Waals surface area contributed by atoms with Gasteiger partial charge in [-0.05, 0) is 49.6 Å². The number of carbonyl (C=O) groups excluding carboxylic acids is 1. The van der Waals surface area contributed by atoms with Crippen molar-refractivity contribution in [2.45, 2.75) is 38.6 Å². The normalized spacial score (nSPS) is 13.5. The van der Waals surface area contributed by atoms with Crippen LogP contribution in [-0.4, -0.2) is 37.3 Å². The highest BCUT2D eigenvalue weighted by Gasteiger charge is 2.30. The Hall–Kier alpha value is -3.68. The van der Waals surface area contributed by atoms with Gasteiger partial charge in [-0.2, -0.15) is 5.10 Å². The number of carbonyl (C=O) groups is 1. The summed E-state index contributed by atoms with van der Waals surface area (Å²) < 4.78 is 12.8. The molecule has 8 heteroatoms. The first kappa shape index (κ1) is 19.3. The third kappa shape index (κ3) is 4.01. The molecule has 1 saturated carbocycles. The van der Waals surface area contributed by atoms with Crippen LogP contribution in [0.4, 0.5) is 0 Å². The molecule has 1 fully saturated rings. The Morgan fingerprint density at radius 1 is 1.16 bits per heavy atom. The molecule has 1 aliphatic rings. The van der Waals surface area contributed by atoms with Crippen molar-refractivity contribution in [2.75, 3.05) is 6.54 Å². The molecule has 0 spiro atoms. The number of para-hydroxylation sites is 1. The van der Waals surface area contributed by atoms with Crippen LogP contribution in [0.1, 0.15) is 54.2 Å². The first-order chi connectivity index (χ1) is 15.2. The molecular formula is C23H23N5O3. The van der Waals surface area contributed by atoms with Gasteiger partial charge in [0.15, 0.2) is 5.76 Å². The van der Waals surface area contributed by atoms with Gasteiger partial charge in [-0.15, -0.1) is 10.2 Å². The highest BCUT2D eigenvalue weighted by molar-refractivity contribution is 5.93. The molecule has 0 radical (unpaired) electrons. The van der Waals surface area contributed by atoms with Crippen molar-refractivity contribution in [3.8, 4) is 17.3 Å². The molecule has 0 bridgehead atoms. The smallest absolute Gasteiger partial charge is 0.283 e. The van der Waals surface area contributed by atoms with E-state index in [2.05, 4.69) is 10.2 Å². The van der Waals surface area contributed by atoms with Crippen LogP contribution in [0.15, 0.2) is 63.6 Å². The second kappa shape index (κ2) is 8.22. The van der Waals surface area contributed by atoms with E-state index in [0.29, 0.717) is 35.7 Å². The Bertz CT molecular complexity index is 1160. The summed E-state index contributed by atoms with van der Waals surface area (Å²) in [7, 11) is 0. The Morgan fingerprint density at radius 3 is 2.71 bits per heavy atom. The van der Waals surface area contributed by atoms with Gasteiger partial charge >= 0.3 is 0 Å². The van der Waals surface area contributed by atoms with Gasteiger partial charge in [0.1, 0.15) is 5.69 Å². The summed E-state index contributed by atoms with van der Waals surface area (Å²) >= 11 is 0. The molecule has 1 aromatic carbocycles. The molecule has 158 valence electrons. The molecule has 0 unspecified atom stereocenters. The van der Waals surface area contributed by atoms with E-state index in [9.17, 15) is 4.79 Å². The van der Waals surface area contributed by atoms with Crippen molar-refractivity contribution in [1.29, 1.82) is 0 Å². The summed E-state index contributed by atoms with van der Waals surface area (Å²) in [6.45, 7) is 2.82. The summed E-state index contributed by atoms with van der Waals surface area (Å²) in [5, 5.41) is 12.9. The summed E-state index contributed by atoms with van der Waals surface area (Å²) in [4.78, 5) is 15.3. The molecule has 1 aliphatic carbocycles. The highest BCUT2D eigenvalue weighted by atomic mass is 16.4. The minimum absolute atomic E-state index is 0.108. The Kier molecular flexibility index (Phi) is 5.11. The van der Waals surface area contributed by atoms with E-state index in [4.69, 9.17) is 13.9 Å². The lowest BCUT2D eigenvalue weighted by Crippen LogP contribution is -2.33. The number of rotatable bonds is 8. The first-order valence-corrected chi connectivity index (χ1v) is 10.5. The van der Waals surface area contributed by atoms with Crippen LogP contribution in [0, 0.1) is 0 Å². The lowest BCUT2D eigenvalue weighted by Gasteiger charge is -2.20. The van der Waals surface area contributed by atoms with Gasteiger partial charge in [-0.25, -0.2) is 4.68 Å². The van der Waals surface area contributed by atoms with Crippen LogP contribution in [0.3, 0.4) is 0 Å². The molecule has 0 N–H and O–H groups in total. The Morgan fingerprint density at radius 2 is 2.00 bits per heavy atom. The monoisotopic (exact) mass is 417 g/mol. The van der Waals surface area contributed by atoms with Crippen LogP contribution in [0.2, 0.25) is 0 Å². The van der Waals surface area contributed by atoms with E-state index < -0.39 is 0 Å². The molecular weight excluding hydrogens is 394 g/mol. The van der Waals surface area contributed by atoms with Crippen molar-refractivity contribution >= 4 is 5.91 Å². The highest BCUT2D eigenvalue weighted by Crippen LogP contribution is 2.40. The van der Waals surface area contributed by atoms with Crippen molar-refractivity contribution in [1.82, 2.24) is 24.9 Å². The van der Waals surface area contributed by atoms with E-state index in [0.717, 1.165) is 30.6 Å². The van der Waals surface area contributed by atoms with Crippen LogP contribution in [0.5, 0.6) is 0 Å². The van der Waals surface area contributed by atoms with Gasteiger partial charge in [-0.3, -0.25) is 4.79 Å². The molecule has 0 aliphatic heterocycles. The van der Waals surface area contributed by atoms with Gasteiger partial charge in [0, 0.05) is 12.5 Å². The lowest BCUT2D eigenvalue weighted by molar-refractivity contribution is 0.0719. The van der Waals surface area contributed by atoms with Gasteiger partial charge in [0.2, 0.25) is 5.89 Å². The van der Waals surface area contributed by atoms with E-state index >= 15 is 0 Å². The number of aromatic nitrogens is 4. The SMILES string of the molecule is CCCN(Cc1nnc(-c2ccco2)o1)C(=O)c1cc(C2CC2)nn1-c1ccccc1. The zero-order valence-corrected chi connectivity index (χ0v) is 17.3. The number of amides is 1. The molecule has 5 rings (SSSR count). The van der Waals surface area contributed by atoms with Gasteiger partial charge in [0.25, 0.3) is 11.8 Å². The molecule has 31 heavy (non-hydrogen) atoms. The summed E-state index contributed by atoms with van der Waals surface area (Å²) in [5.41, 5.74) is 2.39. The third-order valence-corrected chi connectivity index (χ3v) is 5.25. The molecule has 3 heterocycles. The number of furan rings is 1. The Labute approximate surface area is 179 Å². The topological polar surface area (TPSA) is 90.2 Å². The molecule has 8 nitrogen and oxygen atoms in total. The molecule has 3 aromatic heterocycles. The van der Waals surface area contributed by atoms with Gasteiger partial charge in [0.05, 0.1) is 24.2 Å². The average molecular weight is 417 g/mol. The van der Waals surface area contributed by atoms with E-state index in [1.165, 1.54) is 0 Å². The predicted octanol–water partition coefficient (Wildman–Crippen LogP) is 4.45. The lowest BCUT2D eigenvalue weighted by atomic mass is 10.2. The fourth-order valence-corrected chi connectivity index (χ4v) is 3.56. The second-order valence-electron chi connectivity index (χ2n) is 7.68. The number of hydrogen-bond donors (Lipinski definition) is 0. The van der Waals surface area contributed by atoms with E-state index in [1.807, 2.05) is 43.3 Å². The molecule has 0 atom stereocenters. The maximum Gasteiger partial charge on any atom is 0.283 e. The van der Waals surface area contributed by atoms with Crippen LogP contribution < -0.4 is 0 Å². The fourth-order valence-electron chi connectivity index (χ4n) is 3.56. The van der Waals surface area contributed by atoms with E-state index in [1.54, 1.807) is 28.0 Å². The summed E-state index contributed by atoms with van der Waals surface area (Å²) in [5.74, 6) is 1.50. The van der Waals surface area contributed by atoms with Gasteiger partial charge < -0.3 is 13.7 Å². The van der Waals surface area contributed by atoms with Crippen molar-refractivity contribution in [3.63, 3.8) is 0 Å². The second-order valence-corrected chi connectivity index (χ2v) is 7.68. The summed E-state index contributed by atoms with van der Waals surface area (Å²) in [6.07, 6.45) is 4.60.